The predicted molar refractivity (Wildman–Crippen MR) is 134 cm³/mol. The van der Waals surface area contributed by atoms with Gasteiger partial charge in [-0.1, -0.05) is 17.7 Å². The lowest BCUT2D eigenvalue weighted by Gasteiger charge is -2.33. The van der Waals surface area contributed by atoms with E-state index < -0.39 is 6.04 Å². The maximum atomic E-state index is 13.1. The summed E-state index contributed by atoms with van der Waals surface area (Å²) in [6.07, 6.45) is 1.55. The van der Waals surface area contributed by atoms with Crippen LogP contribution < -0.4 is 25.4 Å². The number of hydrogen-bond donors (Lipinski definition) is 3. The molecular formula is C26H34N4O5. The molecular weight excluding hydrogens is 448 g/mol. The van der Waals surface area contributed by atoms with Gasteiger partial charge in [-0.15, -0.1) is 0 Å². The highest BCUT2D eigenvalue weighted by Crippen LogP contribution is 2.23. The van der Waals surface area contributed by atoms with Crippen LogP contribution >= 0.6 is 0 Å². The minimum absolute atomic E-state index is 0.0815. The van der Waals surface area contributed by atoms with Crippen LogP contribution in [-0.2, 0) is 16.0 Å². The van der Waals surface area contributed by atoms with Crippen molar-refractivity contribution in [2.45, 2.75) is 45.2 Å². The molecule has 9 heteroatoms. The van der Waals surface area contributed by atoms with Crippen LogP contribution in [0, 0.1) is 6.92 Å². The van der Waals surface area contributed by atoms with E-state index in [2.05, 4.69) is 16.0 Å². The number of rotatable bonds is 8. The molecule has 9 nitrogen and oxygen atoms in total. The number of anilines is 1. The number of aryl methyl sites for hydroxylation is 1. The molecule has 0 saturated carbocycles. The standard InChI is InChI=1S/C26H34N4O5/c1-17-5-7-20(8-6-17)29-26(33)30-11-9-21(10-12-30)28-25(32)24(27-18(2)31)15-19-13-22(34-3)16-23(14-19)35-4/h5-8,13-14,16,21,24H,9-12,15H2,1-4H3,(H,27,31)(H,28,32)(H,29,33)/t24-/m1/s1. The van der Waals surface area contributed by atoms with Crippen LogP contribution in [0.3, 0.4) is 0 Å². The fourth-order valence-corrected chi connectivity index (χ4v) is 4.04. The maximum Gasteiger partial charge on any atom is 0.321 e. The number of amides is 4. The largest absolute Gasteiger partial charge is 0.497 e. The van der Waals surface area contributed by atoms with E-state index in [9.17, 15) is 14.4 Å². The summed E-state index contributed by atoms with van der Waals surface area (Å²) in [5.41, 5.74) is 2.68. The monoisotopic (exact) mass is 482 g/mol. The molecule has 1 fully saturated rings. The minimum Gasteiger partial charge on any atom is -0.497 e. The van der Waals surface area contributed by atoms with Crippen LogP contribution in [0.4, 0.5) is 10.5 Å². The average molecular weight is 483 g/mol. The smallest absolute Gasteiger partial charge is 0.321 e. The number of piperidine rings is 1. The van der Waals surface area contributed by atoms with Gasteiger partial charge in [-0.05, 0) is 49.6 Å². The van der Waals surface area contributed by atoms with Gasteiger partial charge in [0.05, 0.1) is 14.2 Å². The average Bonchev–Trinajstić information content (AvgIpc) is 2.84. The van der Waals surface area contributed by atoms with Gasteiger partial charge in [-0.3, -0.25) is 9.59 Å². The Labute approximate surface area is 206 Å². The zero-order valence-corrected chi connectivity index (χ0v) is 20.7. The maximum absolute atomic E-state index is 13.1. The van der Waals surface area contributed by atoms with Crippen molar-refractivity contribution in [3.05, 3.63) is 53.6 Å². The molecule has 0 aliphatic carbocycles. The lowest BCUT2D eigenvalue weighted by atomic mass is 10.0. The van der Waals surface area contributed by atoms with E-state index in [0.717, 1.165) is 16.8 Å². The Morgan fingerprint density at radius 1 is 1.00 bits per heavy atom. The topological polar surface area (TPSA) is 109 Å². The van der Waals surface area contributed by atoms with Gasteiger partial charge < -0.3 is 30.3 Å². The van der Waals surface area contributed by atoms with Gasteiger partial charge in [0, 0.05) is 44.2 Å². The molecule has 1 atom stereocenters. The van der Waals surface area contributed by atoms with Gasteiger partial charge >= 0.3 is 6.03 Å². The van der Waals surface area contributed by atoms with E-state index >= 15 is 0 Å². The Balaban J connectivity index is 1.56. The first kappa shape index (κ1) is 25.9. The van der Waals surface area contributed by atoms with E-state index in [1.54, 1.807) is 25.2 Å². The fourth-order valence-electron chi connectivity index (χ4n) is 4.04. The first-order chi connectivity index (χ1) is 16.8. The summed E-state index contributed by atoms with van der Waals surface area (Å²) in [5.74, 6) is 0.669. The van der Waals surface area contributed by atoms with Crippen LogP contribution in [-0.4, -0.2) is 62.1 Å². The number of benzene rings is 2. The van der Waals surface area contributed by atoms with Crippen molar-refractivity contribution < 1.29 is 23.9 Å². The SMILES string of the molecule is COc1cc(C[C@@H](NC(C)=O)C(=O)NC2CCN(C(=O)Nc3ccc(C)cc3)CC2)cc(OC)c1. The number of carbonyl (C=O) groups excluding carboxylic acids is 3. The third kappa shape index (κ3) is 7.63. The van der Waals surface area contributed by atoms with Crippen molar-refractivity contribution in [3.63, 3.8) is 0 Å². The molecule has 2 aromatic carbocycles. The molecule has 2 aromatic rings. The van der Waals surface area contributed by atoms with Gasteiger partial charge in [0.25, 0.3) is 0 Å². The molecule has 1 saturated heterocycles. The summed E-state index contributed by atoms with van der Waals surface area (Å²) in [6, 6.07) is 12.1. The number of ether oxygens (including phenoxy) is 2. The van der Waals surface area contributed by atoms with Gasteiger partial charge in [0.2, 0.25) is 11.8 Å². The van der Waals surface area contributed by atoms with Crippen LogP contribution in [0.5, 0.6) is 11.5 Å². The summed E-state index contributed by atoms with van der Waals surface area (Å²) in [7, 11) is 3.12. The second kappa shape index (κ2) is 12.1. The summed E-state index contributed by atoms with van der Waals surface area (Å²) >= 11 is 0. The molecule has 188 valence electrons. The van der Waals surface area contributed by atoms with Gasteiger partial charge in [-0.2, -0.15) is 0 Å². The molecule has 3 rings (SSSR count). The quantitative estimate of drug-likeness (QED) is 0.536. The van der Waals surface area contributed by atoms with Crippen molar-refractivity contribution in [2.24, 2.45) is 0 Å². The highest BCUT2D eigenvalue weighted by molar-refractivity contribution is 5.89. The molecule has 3 N–H and O–H groups in total. The lowest BCUT2D eigenvalue weighted by molar-refractivity contribution is -0.128. The van der Waals surface area contributed by atoms with Crippen molar-refractivity contribution in [1.82, 2.24) is 15.5 Å². The van der Waals surface area contributed by atoms with Gasteiger partial charge in [-0.25, -0.2) is 4.79 Å². The Bertz CT molecular complexity index is 1010. The van der Waals surface area contributed by atoms with Crippen LogP contribution in [0.25, 0.3) is 0 Å². The van der Waals surface area contributed by atoms with E-state index in [1.165, 1.54) is 6.92 Å². The normalized spacial score (nSPS) is 14.6. The third-order valence-corrected chi connectivity index (χ3v) is 5.98. The summed E-state index contributed by atoms with van der Waals surface area (Å²) in [4.78, 5) is 39.2. The van der Waals surface area contributed by atoms with Gasteiger partial charge in [0.1, 0.15) is 17.5 Å². The van der Waals surface area contributed by atoms with E-state index in [-0.39, 0.29) is 30.3 Å². The van der Waals surface area contributed by atoms with Gasteiger partial charge in [0.15, 0.2) is 0 Å². The van der Waals surface area contributed by atoms with Crippen LogP contribution in [0.15, 0.2) is 42.5 Å². The number of methoxy groups -OCH3 is 2. The zero-order chi connectivity index (χ0) is 25.4. The Morgan fingerprint density at radius 2 is 1.60 bits per heavy atom. The molecule has 0 aromatic heterocycles. The first-order valence-electron chi connectivity index (χ1n) is 11.7. The van der Waals surface area contributed by atoms with Crippen LogP contribution in [0.2, 0.25) is 0 Å². The highest BCUT2D eigenvalue weighted by atomic mass is 16.5. The molecule has 4 amide bonds. The molecule has 35 heavy (non-hydrogen) atoms. The molecule has 1 heterocycles. The van der Waals surface area contributed by atoms with Crippen molar-refractivity contribution in [2.75, 3.05) is 32.6 Å². The third-order valence-electron chi connectivity index (χ3n) is 5.98. The number of likely N-dealkylation sites (tertiary alicyclic amines) is 1. The van der Waals surface area contributed by atoms with E-state index in [1.807, 2.05) is 43.3 Å². The van der Waals surface area contributed by atoms with Crippen LogP contribution in [0.1, 0.15) is 30.9 Å². The molecule has 1 aliphatic heterocycles. The Kier molecular flexibility index (Phi) is 8.94. The Hall–Kier alpha value is -3.75. The molecule has 1 aliphatic rings. The van der Waals surface area contributed by atoms with E-state index in [4.69, 9.17) is 9.47 Å². The summed E-state index contributed by atoms with van der Waals surface area (Å²) < 4.78 is 10.6. The number of carbonyl (C=O) groups is 3. The summed E-state index contributed by atoms with van der Waals surface area (Å²) in [6.45, 7) is 4.44. The number of nitrogens with one attached hydrogen (secondary N) is 3. The number of nitrogens with zero attached hydrogens (tertiary/aromatic N) is 1. The lowest BCUT2D eigenvalue weighted by Crippen LogP contribution is -2.53. The first-order valence-corrected chi connectivity index (χ1v) is 11.7. The fraction of sp³-hybridized carbons (Fsp3) is 0.423. The zero-order valence-electron chi connectivity index (χ0n) is 20.7. The Morgan fingerprint density at radius 3 is 2.14 bits per heavy atom. The highest BCUT2D eigenvalue weighted by Gasteiger charge is 2.27. The number of hydrogen-bond acceptors (Lipinski definition) is 5. The van der Waals surface area contributed by atoms with Crippen molar-refractivity contribution in [3.8, 4) is 11.5 Å². The summed E-state index contributed by atoms with van der Waals surface area (Å²) in [5, 5.41) is 8.70. The molecule has 0 spiro atoms. The second-order valence-electron chi connectivity index (χ2n) is 8.74. The predicted octanol–water partition coefficient (Wildman–Crippen LogP) is 2.87. The minimum atomic E-state index is -0.743. The van der Waals surface area contributed by atoms with E-state index in [0.29, 0.717) is 37.4 Å². The van der Waals surface area contributed by atoms with Crippen molar-refractivity contribution in [1.29, 1.82) is 0 Å². The molecule has 0 unspecified atom stereocenters. The number of urea groups is 1. The molecule has 0 bridgehead atoms. The molecule has 0 radical (unpaired) electrons. The second-order valence-corrected chi connectivity index (χ2v) is 8.74. The van der Waals surface area contributed by atoms with Crippen molar-refractivity contribution >= 4 is 23.5 Å².